The molecule has 0 fully saturated rings. The number of fused-ring (bicyclic) bond motifs is 5. The molecular weight excluding hydrogens is 643 g/mol. The number of para-hydroxylation sites is 2. The van der Waals surface area contributed by atoms with Gasteiger partial charge in [0.15, 0.2) is 0 Å². The lowest BCUT2D eigenvalue weighted by atomic mass is 10.0. The smallest absolute Gasteiger partial charge is 0.0540 e. The maximum atomic E-state index is 2.56. The average molecular weight is 686 g/mol. The van der Waals surface area contributed by atoms with Crippen molar-refractivity contribution in [2.24, 2.45) is 0 Å². The van der Waals surface area contributed by atoms with Crippen molar-refractivity contribution in [2.45, 2.75) is 39.2 Å². The summed E-state index contributed by atoms with van der Waals surface area (Å²) in [4.78, 5) is 4.84. The van der Waals surface area contributed by atoms with E-state index in [-0.39, 0.29) is 0 Å². The van der Waals surface area contributed by atoms with Crippen molar-refractivity contribution < 1.29 is 0 Å². The van der Waals surface area contributed by atoms with Gasteiger partial charge in [-0.2, -0.15) is 0 Å². The maximum Gasteiger partial charge on any atom is 0.0540 e. The molecule has 9 rings (SSSR count). The van der Waals surface area contributed by atoms with Crippen LogP contribution in [-0.4, -0.2) is 4.57 Å². The van der Waals surface area contributed by atoms with Gasteiger partial charge in [-0.3, -0.25) is 0 Å². The van der Waals surface area contributed by atoms with Crippen LogP contribution in [0.5, 0.6) is 0 Å². The second-order valence-corrected chi connectivity index (χ2v) is 14.0. The van der Waals surface area contributed by atoms with Crippen molar-refractivity contribution in [2.75, 3.05) is 9.80 Å². The van der Waals surface area contributed by atoms with Crippen LogP contribution < -0.4 is 9.80 Å². The fourth-order valence-corrected chi connectivity index (χ4v) is 8.11. The van der Waals surface area contributed by atoms with E-state index in [0.717, 1.165) is 35.7 Å². The number of anilines is 6. The highest BCUT2D eigenvalue weighted by Gasteiger charge is 2.21. The van der Waals surface area contributed by atoms with Crippen LogP contribution in [-0.2, 0) is 6.54 Å². The number of hydrogen-bond acceptors (Lipinski definition) is 2. The van der Waals surface area contributed by atoms with Crippen LogP contribution in [0.3, 0.4) is 0 Å². The minimum Gasteiger partial charge on any atom is -0.340 e. The van der Waals surface area contributed by atoms with Crippen molar-refractivity contribution in [3.63, 3.8) is 0 Å². The summed E-state index contributed by atoms with van der Waals surface area (Å²) >= 11 is 0. The summed E-state index contributed by atoms with van der Waals surface area (Å²) < 4.78 is 2.56. The monoisotopic (exact) mass is 685 g/mol. The van der Waals surface area contributed by atoms with Crippen LogP contribution in [0.25, 0.3) is 43.4 Å². The Balaban J connectivity index is 1.27. The van der Waals surface area contributed by atoms with E-state index in [4.69, 9.17) is 0 Å². The molecule has 0 aliphatic carbocycles. The third-order valence-electron chi connectivity index (χ3n) is 10.6. The van der Waals surface area contributed by atoms with E-state index < -0.39 is 0 Å². The SMILES string of the molecule is CCCCCCn1c2ccc(N(c3ccccc3)c3cccc4ccccc34)cc2c2cc(N(c3ccccc3)c3cccc4ccccc34)ccc21. The van der Waals surface area contributed by atoms with Crippen molar-refractivity contribution >= 4 is 77.5 Å². The van der Waals surface area contributed by atoms with Crippen LogP contribution in [0, 0.1) is 0 Å². The number of unbranched alkanes of at least 4 members (excludes halogenated alkanes) is 3. The first-order valence-electron chi connectivity index (χ1n) is 19.0. The molecule has 0 atom stereocenters. The highest BCUT2D eigenvalue weighted by atomic mass is 15.2. The molecule has 0 saturated heterocycles. The molecule has 3 nitrogen and oxygen atoms in total. The van der Waals surface area contributed by atoms with E-state index in [2.05, 4.69) is 203 Å². The van der Waals surface area contributed by atoms with Crippen molar-refractivity contribution in [1.29, 1.82) is 0 Å². The number of hydrogen-bond donors (Lipinski definition) is 0. The highest BCUT2D eigenvalue weighted by molar-refractivity contribution is 6.12. The Kier molecular flexibility index (Phi) is 8.83. The van der Waals surface area contributed by atoms with Gasteiger partial charge in [-0.25, -0.2) is 0 Å². The molecule has 0 aliphatic rings. The molecule has 0 spiro atoms. The molecule has 9 aromatic rings. The number of nitrogens with zero attached hydrogens (tertiary/aromatic N) is 3. The van der Waals surface area contributed by atoms with Crippen LogP contribution in [0.2, 0.25) is 0 Å². The van der Waals surface area contributed by atoms with Gasteiger partial charge >= 0.3 is 0 Å². The fraction of sp³-hybridized carbons (Fsp3) is 0.120. The second-order valence-electron chi connectivity index (χ2n) is 14.0. The quantitative estimate of drug-likeness (QED) is 0.126. The lowest BCUT2D eigenvalue weighted by Gasteiger charge is -2.27. The average Bonchev–Trinajstić information content (AvgIpc) is 3.53. The summed E-state index contributed by atoms with van der Waals surface area (Å²) in [6.45, 7) is 3.28. The van der Waals surface area contributed by atoms with Gasteiger partial charge in [0.05, 0.1) is 11.4 Å². The van der Waals surface area contributed by atoms with Gasteiger partial charge < -0.3 is 14.4 Å². The zero-order valence-electron chi connectivity index (χ0n) is 30.2. The van der Waals surface area contributed by atoms with E-state index in [1.165, 1.54) is 74.0 Å². The van der Waals surface area contributed by atoms with Gasteiger partial charge in [0.1, 0.15) is 0 Å². The minimum atomic E-state index is 0.996. The fourth-order valence-electron chi connectivity index (χ4n) is 8.11. The summed E-state index contributed by atoms with van der Waals surface area (Å²) in [6.07, 6.45) is 4.89. The molecule has 0 aliphatic heterocycles. The van der Waals surface area contributed by atoms with Crippen LogP contribution in [0.15, 0.2) is 182 Å². The highest BCUT2D eigenvalue weighted by Crippen LogP contribution is 2.44. The topological polar surface area (TPSA) is 11.4 Å². The van der Waals surface area contributed by atoms with Gasteiger partial charge in [0.25, 0.3) is 0 Å². The van der Waals surface area contributed by atoms with Crippen molar-refractivity contribution in [3.8, 4) is 0 Å². The zero-order chi connectivity index (χ0) is 35.6. The predicted octanol–water partition coefficient (Wildman–Crippen LogP) is 14.6. The molecule has 258 valence electrons. The lowest BCUT2D eigenvalue weighted by molar-refractivity contribution is 0.602. The Hall–Kier alpha value is -6.32. The Morgan fingerprint density at radius 2 is 0.830 bits per heavy atom. The normalized spacial score (nSPS) is 11.5. The molecule has 0 N–H and O–H groups in total. The Morgan fingerprint density at radius 3 is 1.32 bits per heavy atom. The lowest BCUT2D eigenvalue weighted by Crippen LogP contribution is -2.10. The predicted molar refractivity (Wildman–Crippen MR) is 228 cm³/mol. The van der Waals surface area contributed by atoms with Gasteiger partial charge in [0.2, 0.25) is 0 Å². The number of aromatic nitrogens is 1. The molecule has 0 bridgehead atoms. The van der Waals surface area contributed by atoms with Gasteiger partial charge in [-0.15, -0.1) is 0 Å². The van der Waals surface area contributed by atoms with E-state index in [1.807, 2.05) is 0 Å². The molecule has 0 amide bonds. The Morgan fingerprint density at radius 1 is 0.377 bits per heavy atom. The summed E-state index contributed by atoms with van der Waals surface area (Å²) in [6, 6.07) is 66.4. The van der Waals surface area contributed by atoms with Crippen LogP contribution in [0.4, 0.5) is 34.1 Å². The molecule has 8 aromatic carbocycles. The van der Waals surface area contributed by atoms with Gasteiger partial charge in [0, 0.05) is 61.9 Å². The molecule has 0 radical (unpaired) electrons. The zero-order valence-corrected chi connectivity index (χ0v) is 30.2. The van der Waals surface area contributed by atoms with Crippen molar-refractivity contribution in [3.05, 3.63) is 182 Å². The molecule has 3 heteroatoms. The summed E-state index contributed by atoms with van der Waals surface area (Å²) in [7, 11) is 0. The van der Waals surface area contributed by atoms with Gasteiger partial charge in [-0.1, -0.05) is 135 Å². The van der Waals surface area contributed by atoms with Crippen molar-refractivity contribution in [1.82, 2.24) is 4.57 Å². The Labute approximate surface area is 312 Å². The summed E-state index contributed by atoms with van der Waals surface area (Å²) in [5, 5.41) is 7.45. The number of benzene rings is 8. The first kappa shape index (κ1) is 32.6. The molecular formula is C50H43N3. The molecule has 1 heterocycles. The number of aryl methyl sites for hydroxylation is 1. The first-order valence-corrected chi connectivity index (χ1v) is 19.0. The van der Waals surface area contributed by atoms with E-state index in [1.54, 1.807) is 0 Å². The first-order chi connectivity index (χ1) is 26.3. The summed E-state index contributed by atoms with van der Waals surface area (Å²) in [5.41, 5.74) is 9.46. The van der Waals surface area contributed by atoms with Crippen LogP contribution in [0.1, 0.15) is 32.6 Å². The standard InChI is InChI=1S/C50H43N3/c1-2-3-4-15-34-51-47-32-30-41(52(39-22-7-5-8-23-39)49-28-16-20-37-18-11-13-26-43(37)49)35-45(47)46-36-42(31-33-48(46)51)53(40-24-9-6-10-25-40)50-29-17-21-38-19-12-14-27-44(38)50/h5-14,16-33,35-36H,2-4,15,34H2,1H3. The van der Waals surface area contributed by atoms with E-state index in [0.29, 0.717) is 0 Å². The molecule has 0 unspecified atom stereocenters. The van der Waals surface area contributed by atoms with Gasteiger partial charge in [-0.05, 0) is 90.0 Å². The third-order valence-corrected chi connectivity index (χ3v) is 10.6. The number of rotatable bonds is 11. The van der Waals surface area contributed by atoms with E-state index in [9.17, 15) is 0 Å². The second kappa shape index (κ2) is 14.4. The third kappa shape index (κ3) is 6.08. The molecule has 0 saturated carbocycles. The molecule has 1 aromatic heterocycles. The largest absolute Gasteiger partial charge is 0.340 e. The summed E-state index contributed by atoms with van der Waals surface area (Å²) in [5.74, 6) is 0. The Bertz CT molecular complexity index is 2480. The minimum absolute atomic E-state index is 0.996. The molecule has 53 heavy (non-hydrogen) atoms. The maximum absolute atomic E-state index is 2.56. The van der Waals surface area contributed by atoms with E-state index >= 15 is 0 Å². The van der Waals surface area contributed by atoms with Crippen LogP contribution >= 0.6 is 0 Å².